The number of rotatable bonds is 9. The van der Waals surface area contributed by atoms with Crippen LogP contribution < -0.4 is 27.7 Å². The van der Waals surface area contributed by atoms with Crippen molar-refractivity contribution >= 4 is 50.8 Å². The molecule has 0 spiro atoms. The van der Waals surface area contributed by atoms with Crippen molar-refractivity contribution in [2.45, 2.75) is 26.0 Å². The van der Waals surface area contributed by atoms with Crippen molar-refractivity contribution in [1.82, 2.24) is 4.98 Å². The second kappa shape index (κ2) is 10.5. The van der Waals surface area contributed by atoms with Crippen molar-refractivity contribution in [2.24, 2.45) is 11.5 Å². The van der Waals surface area contributed by atoms with E-state index in [4.69, 9.17) is 16.2 Å². The normalized spacial score (nSPS) is 12.0. The van der Waals surface area contributed by atoms with E-state index in [1.54, 1.807) is 60.7 Å². The number of amides is 3. The zero-order valence-electron chi connectivity index (χ0n) is 20.3. The quantitative estimate of drug-likeness (QED) is 0.221. The van der Waals surface area contributed by atoms with Gasteiger partial charge in [-0.25, -0.2) is 0 Å². The molecule has 37 heavy (non-hydrogen) atoms. The van der Waals surface area contributed by atoms with E-state index in [9.17, 15) is 19.2 Å². The van der Waals surface area contributed by atoms with Crippen LogP contribution in [-0.4, -0.2) is 41.5 Å². The van der Waals surface area contributed by atoms with Crippen LogP contribution in [0.4, 0.5) is 11.4 Å². The number of aromatic amines is 1. The molecule has 190 valence electrons. The zero-order valence-corrected chi connectivity index (χ0v) is 20.3. The average molecular weight is 502 g/mol. The minimum absolute atomic E-state index is 0.0826. The molecule has 4 rings (SSSR count). The summed E-state index contributed by atoms with van der Waals surface area (Å²) in [4.78, 5) is 51.9. The van der Waals surface area contributed by atoms with E-state index in [0.717, 1.165) is 0 Å². The zero-order chi connectivity index (χ0) is 26.7. The van der Waals surface area contributed by atoms with Crippen molar-refractivity contribution < 1.29 is 19.1 Å². The van der Waals surface area contributed by atoms with E-state index >= 15 is 0 Å². The van der Waals surface area contributed by atoms with Gasteiger partial charge in [-0.3, -0.25) is 19.2 Å². The first-order chi connectivity index (χ1) is 17.6. The molecule has 4 aromatic rings. The summed E-state index contributed by atoms with van der Waals surface area (Å²) in [6, 6.07) is 15.6. The molecule has 3 amide bonds. The Hall–Kier alpha value is -4.70. The van der Waals surface area contributed by atoms with Gasteiger partial charge in [0, 0.05) is 27.7 Å². The number of para-hydroxylation sites is 1. The van der Waals surface area contributed by atoms with Crippen molar-refractivity contribution in [3.63, 3.8) is 0 Å². The highest BCUT2D eigenvalue weighted by atomic mass is 16.5. The van der Waals surface area contributed by atoms with Crippen LogP contribution in [0.15, 0.2) is 65.5 Å². The van der Waals surface area contributed by atoms with Gasteiger partial charge in [-0.2, -0.15) is 0 Å². The van der Waals surface area contributed by atoms with Gasteiger partial charge in [-0.15, -0.1) is 0 Å². The van der Waals surface area contributed by atoms with Crippen LogP contribution in [0.5, 0.6) is 0 Å². The maximum Gasteiger partial charge on any atom is 0.256 e. The number of pyridine rings is 1. The molecule has 0 radical (unpaired) electrons. The number of hydrogen-bond acceptors (Lipinski definition) is 6. The minimum atomic E-state index is -0.769. The van der Waals surface area contributed by atoms with Gasteiger partial charge < -0.3 is 31.8 Å². The van der Waals surface area contributed by atoms with Gasteiger partial charge in [0.05, 0.1) is 23.8 Å². The highest BCUT2D eigenvalue weighted by Crippen LogP contribution is 2.26. The number of benzene rings is 3. The fraction of sp³-hybridized carbons (Fsp3) is 0.185. The third-order valence-corrected chi connectivity index (χ3v) is 5.81. The number of aromatic nitrogens is 1. The molecule has 1 atom stereocenters. The van der Waals surface area contributed by atoms with Crippen molar-refractivity contribution in [1.29, 1.82) is 0 Å². The first kappa shape index (κ1) is 25.4. The molecule has 0 aliphatic heterocycles. The van der Waals surface area contributed by atoms with Gasteiger partial charge in [0.15, 0.2) is 0 Å². The molecule has 10 heteroatoms. The first-order valence-electron chi connectivity index (χ1n) is 11.6. The number of carbonyl (C=O) groups is 3. The molecule has 0 fully saturated rings. The van der Waals surface area contributed by atoms with Crippen LogP contribution in [0.3, 0.4) is 0 Å². The molecular weight excluding hydrogens is 474 g/mol. The summed E-state index contributed by atoms with van der Waals surface area (Å²) < 4.78 is 5.69. The average Bonchev–Trinajstić information content (AvgIpc) is 2.86. The minimum Gasteiger partial charge on any atom is -0.376 e. The maximum atomic E-state index is 13.3. The van der Waals surface area contributed by atoms with Crippen molar-refractivity contribution in [2.75, 3.05) is 17.2 Å². The summed E-state index contributed by atoms with van der Waals surface area (Å²) in [6.07, 6.45) is -0.104. The third-order valence-electron chi connectivity index (χ3n) is 5.81. The number of primary amides is 2. The maximum absolute atomic E-state index is 13.3. The highest BCUT2D eigenvalue weighted by molar-refractivity contribution is 6.13. The lowest BCUT2D eigenvalue weighted by Crippen LogP contribution is -2.39. The lowest BCUT2D eigenvalue weighted by atomic mass is 10.0. The molecular formula is C27H27N5O5. The van der Waals surface area contributed by atoms with Gasteiger partial charge in [0.2, 0.25) is 11.8 Å². The van der Waals surface area contributed by atoms with Crippen LogP contribution in [0, 0.1) is 0 Å². The number of fused-ring (bicyclic) bond motifs is 3. The Morgan fingerprint density at radius 3 is 2.24 bits per heavy atom. The Bertz CT molecular complexity index is 1560. The van der Waals surface area contributed by atoms with Gasteiger partial charge in [-0.05, 0) is 67.8 Å². The van der Waals surface area contributed by atoms with E-state index in [2.05, 4.69) is 15.6 Å². The van der Waals surface area contributed by atoms with Crippen LogP contribution in [0.25, 0.3) is 21.7 Å². The molecule has 1 heterocycles. The van der Waals surface area contributed by atoms with Crippen LogP contribution in [-0.2, 0) is 9.53 Å². The lowest BCUT2D eigenvalue weighted by molar-refractivity contribution is -0.118. The predicted molar refractivity (Wildman–Crippen MR) is 143 cm³/mol. The highest BCUT2D eigenvalue weighted by Gasteiger charge is 2.20. The Kier molecular flexibility index (Phi) is 7.21. The Labute approximate surface area is 212 Å². The van der Waals surface area contributed by atoms with E-state index in [1.165, 1.54) is 0 Å². The number of nitrogens with two attached hydrogens (primary N) is 2. The smallest absolute Gasteiger partial charge is 0.256 e. The molecule has 0 aliphatic rings. The van der Waals surface area contributed by atoms with Gasteiger partial charge >= 0.3 is 0 Å². The topological polar surface area (TPSA) is 169 Å². The second-order valence-electron chi connectivity index (χ2n) is 8.82. The second-order valence-corrected chi connectivity index (χ2v) is 8.82. The third kappa shape index (κ3) is 5.60. The summed E-state index contributed by atoms with van der Waals surface area (Å²) in [6.45, 7) is 3.81. The molecule has 0 aliphatic carbocycles. The predicted octanol–water partition coefficient (Wildman–Crippen LogP) is 2.72. The summed E-state index contributed by atoms with van der Waals surface area (Å²) in [7, 11) is 0. The molecule has 7 N–H and O–H groups in total. The van der Waals surface area contributed by atoms with Crippen molar-refractivity contribution in [3.8, 4) is 0 Å². The molecule has 10 nitrogen and oxygen atoms in total. The number of anilines is 2. The molecule has 0 saturated heterocycles. The monoisotopic (exact) mass is 501 g/mol. The van der Waals surface area contributed by atoms with Crippen molar-refractivity contribution in [3.05, 3.63) is 82.1 Å². The van der Waals surface area contributed by atoms with Gasteiger partial charge in [0.1, 0.15) is 6.04 Å². The van der Waals surface area contributed by atoms with Crippen LogP contribution in [0.2, 0.25) is 0 Å². The summed E-state index contributed by atoms with van der Waals surface area (Å²) in [5.74, 6) is -1.58. The van der Waals surface area contributed by atoms with E-state index in [-0.39, 0.29) is 29.7 Å². The summed E-state index contributed by atoms with van der Waals surface area (Å²) in [5, 5.41) is 7.57. The molecule has 0 saturated carbocycles. The summed E-state index contributed by atoms with van der Waals surface area (Å²) >= 11 is 0. The number of ether oxygens (including phenoxy) is 1. The number of hydrogen-bond donors (Lipinski definition) is 5. The van der Waals surface area contributed by atoms with E-state index in [1.807, 2.05) is 13.8 Å². The van der Waals surface area contributed by atoms with Gasteiger partial charge in [0.25, 0.3) is 11.5 Å². The van der Waals surface area contributed by atoms with E-state index in [0.29, 0.717) is 38.6 Å². The molecule has 0 bridgehead atoms. The van der Waals surface area contributed by atoms with E-state index < -0.39 is 17.9 Å². The Morgan fingerprint density at radius 2 is 1.59 bits per heavy atom. The fourth-order valence-corrected chi connectivity index (χ4v) is 3.97. The molecule has 1 aromatic heterocycles. The Morgan fingerprint density at radius 1 is 0.892 bits per heavy atom. The fourth-order valence-electron chi connectivity index (χ4n) is 3.97. The van der Waals surface area contributed by atoms with Gasteiger partial charge in [-0.1, -0.05) is 12.1 Å². The SMILES string of the molecule is CC(C)OC[C@H](Nc1ccc(C(N)=O)cc1)C(=O)Nc1ccc2c(=O)[nH]c3c(C(N)=O)cccc3c2c1. The molecule has 0 unspecified atom stereocenters. The van der Waals surface area contributed by atoms with Crippen LogP contribution >= 0.6 is 0 Å². The summed E-state index contributed by atoms with van der Waals surface area (Å²) in [5.41, 5.74) is 12.3. The first-order valence-corrected chi connectivity index (χ1v) is 11.6. The number of nitrogens with one attached hydrogen (secondary N) is 3. The molecule has 3 aromatic carbocycles. The number of carbonyl (C=O) groups excluding carboxylic acids is 3. The van der Waals surface area contributed by atoms with Crippen LogP contribution in [0.1, 0.15) is 34.6 Å². The standard InChI is InChI=1S/C27H27N5O5/c1-14(2)37-13-22(30-16-8-6-15(7-9-16)24(28)33)27(36)31-17-10-11-19-21(12-17)18-4-3-5-20(25(29)34)23(18)32-26(19)35/h3-12,14,22,30H,13H2,1-2H3,(H2,28,33)(H2,29,34)(H,31,36)(H,32,35)/t22-/m0/s1. The lowest BCUT2D eigenvalue weighted by Gasteiger charge is -2.21. The Balaban J connectivity index is 1.65. The largest absolute Gasteiger partial charge is 0.376 e. The number of H-pyrrole nitrogens is 1.